The van der Waals surface area contributed by atoms with Crippen LogP contribution in [0.25, 0.3) is 0 Å². The molecular weight excluding hydrogens is 318 g/mol. The average Bonchev–Trinajstić information content (AvgIpc) is 2.48. The van der Waals surface area contributed by atoms with Crippen molar-refractivity contribution in [3.63, 3.8) is 0 Å². The standard InChI is InChI=1S/C16H15NO5S/c1-11(18)13-3-9-16(10-4-13)23(20,21)22-15-7-5-14(6-8-15)17-12(2)19/h3-10H,1-2H3,(H,17,19). The molecule has 0 unspecified atom stereocenters. The van der Waals surface area contributed by atoms with Crippen LogP contribution in [-0.4, -0.2) is 20.1 Å². The molecule has 1 amide bonds. The molecule has 120 valence electrons. The van der Waals surface area contributed by atoms with Gasteiger partial charge in [0, 0.05) is 18.2 Å². The second-order valence-electron chi connectivity index (χ2n) is 4.82. The highest BCUT2D eigenvalue weighted by atomic mass is 32.2. The molecule has 2 aromatic rings. The molecule has 6 nitrogen and oxygen atoms in total. The number of Topliss-reactive ketones (excluding diaryl/α,β-unsaturated/α-hetero) is 1. The first kappa shape index (κ1) is 16.7. The van der Waals surface area contributed by atoms with Crippen LogP contribution in [0.2, 0.25) is 0 Å². The number of nitrogens with one attached hydrogen (secondary N) is 1. The summed E-state index contributed by atoms with van der Waals surface area (Å²) in [5.74, 6) is -0.255. The van der Waals surface area contributed by atoms with Crippen LogP contribution in [0.5, 0.6) is 5.75 Å². The molecule has 0 aliphatic rings. The quantitative estimate of drug-likeness (QED) is 0.671. The van der Waals surface area contributed by atoms with Gasteiger partial charge in [-0.1, -0.05) is 12.1 Å². The van der Waals surface area contributed by atoms with E-state index in [0.717, 1.165) is 0 Å². The number of hydrogen-bond acceptors (Lipinski definition) is 5. The Kier molecular flexibility index (Phi) is 4.80. The third-order valence-corrected chi connectivity index (χ3v) is 4.19. The maximum absolute atomic E-state index is 12.2. The number of rotatable bonds is 5. The molecule has 0 fully saturated rings. The van der Waals surface area contributed by atoms with Crippen molar-refractivity contribution < 1.29 is 22.2 Å². The molecule has 0 heterocycles. The minimum absolute atomic E-state index is 0.0477. The smallest absolute Gasteiger partial charge is 0.339 e. The van der Waals surface area contributed by atoms with Gasteiger partial charge in [0.15, 0.2) is 5.78 Å². The van der Waals surface area contributed by atoms with Crippen LogP contribution in [0.15, 0.2) is 53.4 Å². The molecule has 0 radical (unpaired) electrons. The Morgan fingerprint density at radius 1 is 0.913 bits per heavy atom. The minimum atomic E-state index is -3.99. The van der Waals surface area contributed by atoms with E-state index in [1.165, 1.54) is 62.4 Å². The van der Waals surface area contributed by atoms with E-state index < -0.39 is 10.1 Å². The monoisotopic (exact) mass is 333 g/mol. The van der Waals surface area contributed by atoms with Gasteiger partial charge >= 0.3 is 10.1 Å². The summed E-state index contributed by atoms with van der Waals surface area (Å²) >= 11 is 0. The molecule has 2 aromatic carbocycles. The summed E-state index contributed by atoms with van der Waals surface area (Å²) in [6.45, 7) is 2.77. The van der Waals surface area contributed by atoms with Crippen molar-refractivity contribution in [1.29, 1.82) is 0 Å². The van der Waals surface area contributed by atoms with Gasteiger partial charge in [0.25, 0.3) is 0 Å². The first-order valence-electron chi connectivity index (χ1n) is 6.71. The summed E-state index contributed by atoms with van der Waals surface area (Å²) in [6, 6.07) is 11.4. The Balaban J connectivity index is 2.17. The van der Waals surface area contributed by atoms with Crippen LogP contribution in [0.1, 0.15) is 24.2 Å². The number of amides is 1. The minimum Gasteiger partial charge on any atom is -0.379 e. The highest BCUT2D eigenvalue weighted by Crippen LogP contribution is 2.21. The van der Waals surface area contributed by atoms with Gasteiger partial charge in [-0.3, -0.25) is 9.59 Å². The topological polar surface area (TPSA) is 89.5 Å². The average molecular weight is 333 g/mol. The zero-order valence-electron chi connectivity index (χ0n) is 12.6. The van der Waals surface area contributed by atoms with Crippen molar-refractivity contribution in [2.24, 2.45) is 0 Å². The molecule has 7 heteroatoms. The van der Waals surface area contributed by atoms with Crippen LogP contribution < -0.4 is 9.50 Å². The van der Waals surface area contributed by atoms with Crippen LogP contribution >= 0.6 is 0 Å². The van der Waals surface area contributed by atoms with E-state index in [-0.39, 0.29) is 22.3 Å². The lowest BCUT2D eigenvalue weighted by atomic mass is 10.2. The number of ketones is 1. The highest BCUT2D eigenvalue weighted by Gasteiger charge is 2.17. The first-order chi connectivity index (χ1) is 10.8. The molecule has 0 spiro atoms. The van der Waals surface area contributed by atoms with Crippen molar-refractivity contribution in [3.8, 4) is 5.75 Å². The lowest BCUT2D eigenvalue weighted by Crippen LogP contribution is -2.10. The van der Waals surface area contributed by atoms with Gasteiger partial charge in [-0.25, -0.2) is 0 Å². The molecule has 23 heavy (non-hydrogen) atoms. The van der Waals surface area contributed by atoms with E-state index in [1.807, 2.05) is 0 Å². The van der Waals surface area contributed by atoms with E-state index in [4.69, 9.17) is 4.18 Å². The Hall–Kier alpha value is -2.67. The fraction of sp³-hybridized carbons (Fsp3) is 0.125. The third-order valence-electron chi connectivity index (χ3n) is 2.93. The Morgan fingerprint density at radius 2 is 1.48 bits per heavy atom. The number of benzene rings is 2. The summed E-state index contributed by atoms with van der Waals surface area (Å²) in [5, 5.41) is 2.57. The molecule has 0 atom stereocenters. The molecule has 0 saturated carbocycles. The van der Waals surface area contributed by atoms with Gasteiger partial charge in [-0.05, 0) is 43.3 Å². The maximum Gasteiger partial charge on any atom is 0.339 e. The molecule has 0 aliphatic carbocycles. The van der Waals surface area contributed by atoms with Crippen molar-refractivity contribution in [1.82, 2.24) is 0 Å². The molecule has 0 saturated heterocycles. The van der Waals surface area contributed by atoms with Crippen molar-refractivity contribution in [3.05, 3.63) is 54.1 Å². The summed E-state index contributed by atoms with van der Waals surface area (Å²) in [4.78, 5) is 22.1. The van der Waals surface area contributed by atoms with Crippen LogP contribution in [0, 0.1) is 0 Å². The zero-order valence-corrected chi connectivity index (χ0v) is 13.4. The SMILES string of the molecule is CC(=O)Nc1ccc(OS(=O)(=O)c2ccc(C(C)=O)cc2)cc1. The molecule has 0 aromatic heterocycles. The lowest BCUT2D eigenvalue weighted by Gasteiger charge is -2.08. The third kappa shape index (κ3) is 4.40. The van der Waals surface area contributed by atoms with Gasteiger partial charge in [0.2, 0.25) is 5.91 Å². The maximum atomic E-state index is 12.2. The van der Waals surface area contributed by atoms with E-state index in [2.05, 4.69) is 5.32 Å². The van der Waals surface area contributed by atoms with Gasteiger partial charge in [0.05, 0.1) is 0 Å². The Labute approximate surface area is 134 Å². The van der Waals surface area contributed by atoms with Crippen molar-refractivity contribution >= 4 is 27.5 Å². The van der Waals surface area contributed by atoms with Crippen molar-refractivity contribution in [2.45, 2.75) is 18.7 Å². The number of anilines is 1. The van der Waals surface area contributed by atoms with Crippen molar-refractivity contribution in [2.75, 3.05) is 5.32 Å². The van der Waals surface area contributed by atoms with E-state index in [9.17, 15) is 18.0 Å². The molecule has 0 aliphatic heterocycles. The molecule has 0 bridgehead atoms. The van der Waals surface area contributed by atoms with Crippen LogP contribution in [-0.2, 0) is 14.9 Å². The molecule has 1 N–H and O–H groups in total. The van der Waals surface area contributed by atoms with E-state index in [1.54, 1.807) is 0 Å². The van der Waals surface area contributed by atoms with Crippen LogP contribution in [0.4, 0.5) is 5.69 Å². The Morgan fingerprint density at radius 3 is 1.96 bits per heavy atom. The first-order valence-corrected chi connectivity index (χ1v) is 8.12. The van der Waals surface area contributed by atoms with Gasteiger partial charge in [-0.2, -0.15) is 8.42 Å². The lowest BCUT2D eigenvalue weighted by molar-refractivity contribution is -0.114. The number of carbonyl (C=O) groups is 2. The number of hydrogen-bond donors (Lipinski definition) is 1. The second kappa shape index (κ2) is 6.62. The zero-order chi connectivity index (χ0) is 17.0. The normalized spacial score (nSPS) is 10.9. The number of carbonyl (C=O) groups excluding carboxylic acids is 2. The largest absolute Gasteiger partial charge is 0.379 e. The molecular formula is C16H15NO5S. The highest BCUT2D eigenvalue weighted by molar-refractivity contribution is 7.87. The fourth-order valence-electron chi connectivity index (χ4n) is 1.83. The fourth-order valence-corrected chi connectivity index (χ4v) is 2.76. The van der Waals surface area contributed by atoms with Gasteiger partial charge in [-0.15, -0.1) is 0 Å². The van der Waals surface area contributed by atoms with E-state index in [0.29, 0.717) is 11.3 Å². The molecule has 2 rings (SSSR count). The second-order valence-corrected chi connectivity index (χ2v) is 6.37. The Bertz CT molecular complexity index is 824. The van der Waals surface area contributed by atoms with Gasteiger partial charge < -0.3 is 9.50 Å². The van der Waals surface area contributed by atoms with Gasteiger partial charge in [0.1, 0.15) is 10.6 Å². The summed E-state index contributed by atoms with van der Waals surface area (Å²) < 4.78 is 29.4. The summed E-state index contributed by atoms with van der Waals surface area (Å²) in [6.07, 6.45) is 0. The predicted octanol–water partition coefficient (Wildman–Crippen LogP) is 2.62. The summed E-state index contributed by atoms with van der Waals surface area (Å²) in [5.41, 5.74) is 0.955. The van der Waals surface area contributed by atoms with Crippen LogP contribution in [0.3, 0.4) is 0 Å². The van der Waals surface area contributed by atoms with E-state index >= 15 is 0 Å². The predicted molar refractivity (Wildman–Crippen MR) is 85.0 cm³/mol. The summed E-state index contributed by atoms with van der Waals surface area (Å²) in [7, 11) is -3.99.